The predicted molar refractivity (Wildman–Crippen MR) is 65.4 cm³/mol. The van der Waals surface area contributed by atoms with Crippen molar-refractivity contribution in [3.63, 3.8) is 0 Å². The molecule has 0 amide bonds. The summed E-state index contributed by atoms with van der Waals surface area (Å²) >= 11 is 0. The molecule has 5 nitrogen and oxygen atoms in total. The fourth-order valence-electron chi connectivity index (χ4n) is 1.92. The van der Waals surface area contributed by atoms with Gasteiger partial charge < -0.3 is 13.9 Å². The molecule has 0 unspecified atom stereocenters. The minimum Gasteiger partial charge on any atom is -0.493 e. The van der Waals surface area contributed by atoms with Gasteiger partial charge in [0.05, 0.1) is 25.1 Å². The lowest BCUT2D eigenvalue weighted by atomic mass is 10.2. The lowest BCUT2D eigenvalue weighted by Gasteiger charge is -2.08. The SMILES string of the molecule is COc1cc2nc(C3CC3)oc(=O)c2cc1OC. The third-order valence-electron chi connectivity index (χ3n) is 3.08. The summed E-state index contributed by atoms with van der Waals surface area (Å²) in [7, 11) is 3.08. The lowest BCUT2D eigenvalue weighted by Crippen LogP contribution is -2.05. The van der Waals surface area contributed by atoms with Crippen molar-refractivity contribution in [2.45, 2.75) is 18.8 Å². The molecule has 0 bridgehead atoms. The van der Waals surface area contributed by atoms with Gasteiger partial charge in [0.1, 0.15) is 0 Å². The Morgan fingerprint density at radius 1 is 1.22 bits per heavy atom. The lowest BCUT2D eigenvalue weighted by molar-refractivity contribution is 0.355. The Labute approximate surface area is 103 Å². The number of benzene rings is 1. The molecule has 0 aliphatic heterocycles. The van der Waals surface area contributed by atoms with Gasteiger partial charge in [-0.25, -0.2) is 9.78 Å². The quantitative estimate of drug-likeness (QED) is 0.831. The number of aromatic nitrogens is 1. The van der Waals surface area contributed by atoms with Crippen molar-refractivity contribution in [3.05, 3.63) is 28.4 Å². The molecule has 0 atom stereocenters. The van der Waals surface area contributed by atoms with E-state index in [4.69, 9.17) is 13.9 Å². The molecule has 5 heteroatoms. The molecule has 1 aliphatic rings. The van der Waals surface area contributed by atoms with Crippen LogP contribution in [-0.2, 0) is 0 Å². The van der Waals surface area contributed by atoms with E-state index >= 15 is 0 Å². The van der Waals surface area contributed by atoms with Gasteiger partial charge in [-0.3, -0.25) is 0 Å². The first kappa shape index (κ1) is 11.1. The van der Waals surface area contributed by atoms with Gasteiger partial charge in [-0.05, 0) is 12.8 Å². The molecular weight excluding hydrogens is 234 g/mol. The summed E-state index contributed by atoms with van der Waals surface area (Å²) in [6.07, 6.45) is 2.07. The van der Waals surface area contributed by atoms with Crippen molar-refractivity contribution in [2.75, 3.05) is 14.2 Å². The predicted octanol–water partition coefficient (Wildman–Crippen LogP) is 2.08. The van der Waals surface area contributed by atoms with Gasteiger partial charge in [-0.2, -0.15) is 0 Å². The summed E-state index contributed by atoms with van der Waals surface area (Å²) in [4.78, 5) is 16.3. The summed E-state index contributed by atoms with van der Waals surface area (Å²) in [5, 5.41) is 0.414. The van der Waals surface area contributed by atoms with Crippen LogP contribution in [0.25, 0.3) is 10.9 Å². The zero-order valence-electron chi connectivity index (χ0n) is 10.2. The van der Waals surface area contributed by atoms with Gasteiger partial charge in [0.2, 0.25) is 5.89 Å². The van der Waals surface area contributed by atoms with Crippen LogP contribution in [0.5, 0.6) is 11.5 Å². The first-order chi connectivity index (χ1) is 8.72. The highest BCUT2D eigenvalue weighted by molar-refractivity contribution is 5.81. The second-order valence-electron chi connectivity index (χ2n) is 4.34. The third kappa shape index (κ3) is 1.72. The summed E-state index contributed by atoms with van der Waals surface area (Å²) in [6.45, 7) is 0. The van der Waals surface area contributed by atoms with Crippen LogP contribution in [0, 0.1) is 0 Å². The van der Waals surface area contributed by atoms with Crippen molar-refractivity contribution in [1.29, 1.82) is 0 Å². The highest BCUT2D eigenvalue weighted by Gasteiger charge is 2.28. The molecule has 1 aromatic carbocycles. The molecule has 0 saturated heterocycles. The van der Waals surface area contributed by atoms with E-state index < -0.39 is 0 Å². The Morgan fingerprint density at radius 3 is 2.50 bits per heavy atom. The van der Waals surface area contributed by atoms with E-state index in [1.807, 2.05) is 0 Å². The van der Waals surface area contributed by atoms with E-state index in [1.165, 1.54) is 7.11 Å². The molecule has 2 aromatic rings. The van der Waals surface area contributed by atoms with E-state index in [0.717, 1.165) is 12.8 Å². The van der Waals surface area contributed by atoms with E-state index in [9.17, 15) is 4.79 Å². The van der Waals surface area contributed by atoms with Crippen molar-refractivity contribution in [1.82, 2.24) is 4.98 Å². The Morgan fingerprint density at radius 2 is 1.89 bits per heavy atom. The monoisotopic (exact) mass is 247 g/mol. The number of methoxy groups -OCH3 is 2. The summed E-state index contributed by atoms with van der Waals surface area (Å²) in [5.74, 6) is 1.89. The molecule has 1 aromatic heterocycles. The molecule has 1 fully saturated rings. The molecule has 0 spiro atoms. The van der Waals surface area contributed by atoms with Crippen LogP contribution in [0.2, 0.25) is 0 Å². The van der Waals surface area contributed by atoms with Gasteiger partial charge in [0.15, 0.2) is 11.5 Å². The molecule has 3 rings (SSSR count). The largest absolute Gasteiger partial charge is 0.493 e. The normalized spacial score (nSPS) is 14.8. The average Bonchev–Trinajstić information content (AvgIpc) is 3.21. The van der Waals surface area contributed by atoms with Gasteiger partial charge in [-0.1, -0.05) is 0 Å². The van der Waals surface area contributed by atoms with Crippen LogP contribution in [0.4, 0.5) is 0 Å². The molecule has 1 aliphatic carbocycles. The molecule has 1 saturated carbocycles. The van der Waals surface area contributed by atoms with Crippen molar-refractivity contribution in [3.8, 4) is 11.5 Å². The Kier molecular flexibility index (Phi) is 2.47. The van der Waals surface area contributed by atoms with Crippen molar-refractivity contribution in [2.24, 2.45) is 0 Å². The second kappa shape index (κ2) is 4.01. The van der Waals surface area contributed by atoms with Crippen molar-refractivity contribution < 1.29 is 13.9 Å². The summed E-state index contributed by atoms with van der Waals surface area (Å²) < 4.78 is 15.6. The van der Waals surface area contributed by atoms with Crippen LogP contribution in [0.1, 0.15) is 24.7 Å². The van der Waals surface area contributed by atoms with Crippen LogP contribution in [-0.4, -0.2) is 19.2 Å². The molecular formula is C13H13NO4. The van der Waals surface area contributed by atoms with E-state index in [-0.39, 0.29) is 5.63 Å². The molecule has 18 heavy (non-hydrogen) atoms. The number of fused-ring (bicyclic) bond motifs is 1. The molecule has 1 heterocycles. The third-order valence-corrected chi connectivity index (χ3v) is 3.08. The zero-order valence-corrected chi connectivity index (χ0v) is 10.2. The van der Waals surface area contributed by atoms with E-state index in [1.54, 1.807) is 19.2 Å². The first-order valence-electron chi connectivity index (χ1n) is 5.79. The van der Waals surface area contributed by atoms with Crippen LogP contribution in [0.3, 0.4) is 0 Å². The topological polar surface area (TPSA) is 61.6 Å². The fourth-order valence-corrected chi connectivity index (χ4v) is 1.92. The van der Waals surface area contributed by atoms with E-state index in [0.29, 0.717) is 34.2 Å². The maximum atomic E-state index is 11.9. The highest BCUT2D eigenvalue weighted by Crippen LogP contribution is 2.39. The molecule has 0 radical (unpaired) electrons. The van der Waals surface area contributed by atoms with Crippen LogP contribution < -0.4 is 15.1 Å². The number of hydrogen-bond acceptors (Lipinski definition) is 5. The molecule has 94 valence electrons. The molecule has 0 N–H and O–H groups in total. The average molecular weight is 247 g/mol. The minimum atomic E-state index is -0.372. The van der Waals surface area contributed by atoms with Gasteiger partial charge in [0, 0.05) is 18.1 Å². The summed E-state index contributed by atoms with van der Waals surface area (Å²) in [6, 6.07) is 3.31. The van der Waals surface area contributed by atoms with E-state index in [2.05, 4.69) is 4.98 Å². The zero-order chi connectivity index (χ0) is 12.7. The maximum Gasteiger partial charge on any atom is 0.346 e. The maximum absolute atomic E-state index is 11.9. The smallest absolute Gasteiger partial charge is 0.346 e. The fraction of sp³-hybridized carbons (Fsp3) is 0.385. The Balaban J connectivity index is 2.26. The first-order valence-corrected chi connectivity index (χ1v) is 5.79. The summed E-state index contributed by atoms with van der Waals surface area (Å²) in [5.41, 5.74) is 0.216. The van der Waals surface area contributed by atoms with Gasteiger partial charge in [0.25, 0.3) is 0 Å². The number of rotatable bonds is 3. The van der Waals surface area contributed by atoms with Crippen molar-refractivity contribution >= 4 is 10.9 Å². The Hall–Kier alpha value is -2.04. The van der Waals surface area contributed by atoms with Gasteiger partial charge >= 0.3 is 5.63 Å². The highest BCUT2D eigenvalue weighted by atomic mass is 16.5. The second-order valence-corrected chi connectivity index (χ2v) is 4.34. The minimum absolute atomic E-state index is 0.301. The standard InChI is InChI=1S/C13H13NO4/c1-16-10-5-8-9(6-11(10)17-2)14-12(7-3-4-7)18-13(8)15/h5-7H,3-4H2,1-2H3. The number of ether oxygens (including phenoxy) is 2. The van der Waals surface area contributed by atoms with Gasteiger partial charge in [-0.15, -0.1) is 0 Å². The number of hydrogen-bond donors (Lipinski definition) is 0. The Bertz CT molecular complexity index is 658. The van der Waals surface area contributed by atoms with Crippen LogP contribution >= 0.6 is 0 Å². The number of nitrogens with zero attached hydrogens (tertiary/aromatic N) is 1. The van der Waals surface area contributed by atoms with Crippen LogP contribution in [0.15, 0.2) is 21.3 Å².